The van der Waals surface area contributed by atoms with Crippen molar-refractivity contribution in [3.05, 3.63) is 11.1 Å². The van der Waals surface area contributed by atoms with Gasteiger partial charge in [0, 0.05) is 30.7 Å². The van der Waals surface area contributed by atoms with Crippen LogP contribution in [0, 0.1) is 5.92 Å². The van der Waals surface area contributed by atoms with Gasteiger partial charge >= 0.3 is 0 Å². The topological polar surface area (TPSA) is 42.1 Å². The van der Waals surface area contributed by atoms with Gasteiger partial charge in [-0.1, -0.05) is 0 Å². The third kappa shape index (κ3) is 2.25. The van der Waals surface area contributed by atoms with E-state index in [9.17, 15) is 0 Å². The molecule has 1 aromatic heterocycles. The van der Waals surface area contributed by atoms with Crippen molar-refractivity contribution in [2.45, 2.75) is 25.8 Å². The minimum absolute atomic E-state index is 0.107. The third-order valence-corrected chi connectivity index (χ3v) is 3.83. The second-order valence-electron chi connectivity index (χ2n) is 4.16. The Labute approximate surface area is 88.9 Å². The van der Waals surface area contributed by atoms with E-state index in [2.05, 4.69) is 16.9 Å². The van der Waals surface area contributed by atoms with E-state index in [0.29, 0.717) is 0 Å². The highest BCUT2D eigenvalue weighted by Gasteiger charge is 2.23. The summed E-state index contributed by atoms with van der Waals surface area (Å²) in [5, 5.41) is 1.10. The molecule has 2 N–H and O–H groups in total. The molecule has 1 saturated carbocycles. The maximum absolute atomic E-state index is 5.79. The fraction of sp³-hybridized carbons (Fsp3) is 0.700. The van der Waals surface area contributed by atoms with Crippen molar-refractivity contribution < 1.29 is 0 Å². The number of aromatic nitrogens is 1. The van der Waals surface area contributed by atoms with Gasteiger partial charge in [-0.3, -0.25) is 0 Å². The summed E-state index contributed by atoms with van der Waals surface area (Å²) in [6, 6.07) is 0.107. The average Bonchev–Trinajstić information content (AvgIpc) is 2.81. The van der Waals surface area contributed by atoms with Crippen molar-refractivity contribution in [1.29, 1.82) is 0 Å². The van der Waals surface area contributed by atoms with Gasteiger partial charge in [-0.15, -0.1) is 11.3 Å². The summed E-state index contributed by atoms with van der Waals surface area (Å²) in [7, 11) is 2.11. The van der Waals surface area contributed by atoms with E-state index >= 15 is 0 Å². The van der Waals surface area contributed by atoms with Gasteiger partial charge in [-0.2, -0.15) is 0 Å². The van der Waals surface area contributed by atoms with E-state index in [0.717, 1.165) is 17.6 Å². The largest absolute Gasteiger partial charge is 0.351 e. The van der Waals surface area contributed by atoms with Crippen LogP contribution in [0.15, 0.2) is 6.20 Å². The van der Waals surface area contributed by atoms with E-state index in [1.807, 2.05) is 13.1 Å². The van der Waals surface area contributed by atoms with Crippen LogP contribution in [-0.2, 0) is 0 Å². The predicted molar refractivity (Wildman–Crippen MR) is 60.7 cm³/mol. The molecule has 1 aliphatic rings. The first-order valence-corrected chi connectivity index (χ1v) is 5.91. The highest BCUT2D eigenvalue weighted by molar-refractivity contribution is 7.15. The molecule has 0 aliphatic heterocycles. The smallest absolute Gasteiger partial charge is 0.185 e. The molecular weight excluding hydrogens is 194 g/mol. The van der Waals surface area contributed by atoms with Crippen molar-refractivity contribution in [2.24, 2.45) is 11.7 Å². The second-order valence-corrected chi connectivity index (χ2v) is 5.20. The Kier molecular flexibility index (Phi) is 2.74. The van der Waals surface area contributed by atoms with Gasteiger partial charge in [0.05, 0.1) is 0 Å². The van der Waals surface area contributed by atoms with Crippen molar-refractivity contribution in [2.75, 3.05) is 18.5 Å². The lowest BCUT2D eigenvalue weighted by atomic mass is 10.3. The lowest BCUT2D eigenvalue weighted by Gasteiger charge is -2.14. The zero-order chi connectivity index (χ0) is 10.1. The fourth-order valence-corrected chi connectivity index (χ4v) is 2.27. The standard InChI is InChI=1S/C10H17N3S/c1-7(11)9-5-12-10(14-9)13(2)6-8-3-4-8/h5,7-8H,3-4,6,11H2,1-2H3. The minimum Gasteiger partial charge on any atom is -0.351 e. The van der Waals surface area contributed by atoms with E-state index < -0.39 is 0 Å². The molecule has 1 unspecified atom stereocenters. The van der Waals surface area contributed by atoms with Gasteiger partial charge < -0.3 is 10.6 Å². The highest BCUT2D eigenvalue weighted by Crippen LogP contribution is 2.32. The Bertz CT molecular complexity index is 304. The summed E-state index contributed by atoms with van der Waals surface area (Å²) >= 11 is 1.71. The summed E-state index contributed by atoms with van der Waals surface area (Å²) in [4.78, 5) is 7.80. The van der Waals surface area contributed by atoms with Crippen molar-refractivity contribution in [3.8, 4) is 0 Å². The lowest BCUT2D eigenvalue weighted by Crippen LogP contribution is -2.19. The molecule has 0 amide bonds. The quantitative estimate of drug-likeness (QED) is 0.828. The number of nitrogens with two attached hydrogens (primary N) is 1. The Balaban J connectivity index is 1.99. The van der Waals surface area contributed by atoms with E-state index in [1.54, 1.807) is 11.3 Å². The molecule has 0 bridgehead atoms. The first kappa shape index (κ1) is 9.93. The third-order valence-electron chi connectivity index (χ3n) is 2.52. The normalized spacial score (nSPS) is 18.2. The summed E-state index contributed by atoms with van der Waals surface area (Å²) < 4.78 is 0. The number of nitrogens with zero attached hydrogens (tertiary/aromatic N) is 2. The van der Waals surface area contributed by atoms with Crippen LogP contribution < -0.4 is 10.6 Å². The molecule has 2 rings (SSSR count). The first-order chi connectivity index (χ1) is 6.66. The minimum atomic E-state index is 0.107. The van der Waals surface area contributed by atoms with Gasteiger partial charge in [0.2, 0.25) is 0 Å². The number of rotatable bonds is 4. The van der Waals surface area contributed by atoms with Crippen molar-refractivity contribution in [3.63, 3.8) is 0 Å². The fourth-order valence-electron chi connectivity index (χ4n) is 1.43. The van der Waals surface area contributed by atoms with Gasteiger partial charge in [-0.25, -0.2) is 4.98 Å². The van der Waals surface area contributed by atoms with Crippen LogP contribution in [0.2, 0.25) is 0 Å². The van der Waals surface area contributed by atoms with E-state index in [-0.39, 0.29) is 6.04 Å². The summed E-state index contributed by atoms with van der Waals surface area (Å²) in [5.74, 6) is 0.905. The Morgan fingerprint density at radius 3 is 2.93 bits per heavy atom. The molecule has 1 aromatic rings. The van der Waals surface area contributed by atoms with Crippen molar-refractivity contribution >= 4 is 16.5 Å². The summed E-state index contributed by atoms with van der Waals surface area (Å²) in [6.45, 7) is 3.14. The van der Waals surface area contributed by atoms with Crippen LogP contribution in [0.4, 0.5) is 5.13 Å². The molecule has 0 spiro atoms. The van der Waals surface area contributed by atoms with Gasteiger partial charge in [0.15, 0.2) is 5.13 Å². The van der Waals surface area contributed by atoms with Crippen LogP contribution in [-0.4, -0.2) is 18.6 Å². The van der Waals surface area contributed by atoms with Crippen LogP contribution in [0.3, 0.4) is 0 Å². The molecule has 0 radical (unpaired) electrons. The molecule has 3 nitrogen and oxygen atoms in total. The first-order valence-electron chi connectivity index (χ1n) is 5.09. The number of hydrogen-bond acceptors (Lipinski definition) is 4. The molecule has 1 atom stereocenters. The van der Waals surface area contributed by atoms with E-state index in [4.69, 9.17) is 5.73 Å². The second kappa shape index (κ2) is 3.87. The van der Waals surface area contributed by atoms with Gasteiger partial charge in [0.25, 0.3) is 0 Å². The van der Waals surface area contributed by atoms with Crippen LogP contribution in [0.1, 0.15) is 30.7 Å². The van der Waals surface area contributed by atoms with Crippen LogP contribution >= 0.6 is 11.3 Å². The SMILES string of the molecule is CC(N)c1cnc(N(C)CC2CC2)s1. The zero-order valence-electron chi connectivity index (χ0n) is 8.73. The maximum Gasteiger partial charge on any atom is 0.185 e. The molecule has 4 heteroatoms. The van der Waals surface area contributed by atoms with E-state index in [1.165, 1.54) is 17.7 Å². The average molecular weight is 211 g/mol. The highest BCUT2D eigenvalue weighted by atomic mass is 32.1. The molecule has 78 valence electrons. The Hall–Kier alpha value is -0.610. The summed E-state index contributed by atoms with van der Waals surface area (Å²) in [5.41, 5.74) is 5.79. The lowest BCUT2D eigenvalue weighted by molar-refractivity contribution is 0.784. The summed E-state index contributed by atoms with van der Waals surface area (Å²) in [6.07, 6.45) is 4.67. The Morgan fingerprint density at radius 1 is 1.71 bits per heavy atom. The monoisotopic (exact) mass is 211 g/mol. The molecule has 0 aromatic carbocycles. The molecule has 14 heavy (non-hydrogen) atoms. The predicted octanol–water partition coefficient (Wildman–Crippen LogP) is 2.01. The van der Waals surface area contributed by atoms with Gasteiger partial charge in [0.1, 0.15) is 0 Å². The Morgan fingerprint density at radius 2 is 2.43 bits per heavy atom. The maximum atomic E-state index is 5.79. The number of anilines is 1. The molecule has 1 heterocycles. The molecular formula is C10H17N3S. The van der Waals surface area contributed by atoms with Crippen LogP contribution in [0.25, 0.3) is 0 Å². The zero-order valence-corrected chi connectivity index (χ0v) is 9.55. The van der Waals surface area contributed by atoms with Gasteiger partial charge in [-0.05, 0) is 25.7 Å². The van der Waals surface area contributed by atoms with Crippen LogP contribution in [0.5, 0.6) is 0 Å². The molecule has 1 fully saturated rings. The number of hydrogen-bond donors (Lipinski definition) is 1. The van der Waals surface area contributed by atoms with Crippen molar-refractivity contribution in [1.82, 2.24) is 4.98 Å². The molecule has 0 saturated heterocycles. The number of thiazole rings is 1. The molecule has 1 aliphatic carbocycles.